The molecule has 0 saturated heterocycles. The van der Waals surface area contributed by atoms with Gasteiger partial charge >= 0.3 is 12.6 Å². The maximum absolute atomic E-state index is 13.8. The number of halogens is 3. The largest absolute Gasteiger partial charge is 0.481 e. The number of alkyl halides is 3. The molecule has 2 rings (SSSR count). The highest BCUT2D eigenvalue weighted by Crippen LogP contribution is 2.37. The van der Waals surface area contributed by atoms with Gasteiger partial charge in [0.25, 0.3) is 0 Å². The van der Waals surface area contributed by atoms with E-state index in [1.807, 2.05) is 6.08 Å². The SMILES string of the molecule is O=C(O)C1C(/C=C/C2CCCCC2)CC(F)CC1OC(F)F. The zero-order chi connectivity index (χ0) is 16.1. The summed E-state index contributed by atoms with van der Waals surface area (Å²) < 4.78 is 43.0. The smallest absolute Gasteiger partial charge is 0.345 e. The second kappa shape index (κ2) is 7.99. The Kier molecular flexibility index (Phi) is 6.29. The molecule has 0 spiro atoms. The van der Waals surface area contributed by atoms with Gasteiger partial charge < -0.3 is 9.84 Å². The van der Waals surface area contributed by atoms with Crippen LogP contribution < -0.4 is 0 Å². The van der Waals surface area contributed by atoms with Crippen LogP contribution in [0.3, 0.4) is 0 Å². The first kappa shape index (κ1) is 17.3. The summed E-state index contributed by atoms with van der Waals surface area (Å²) in [6.07, 6.45) is 6.48. The van der Waals surface area contributed by atoms with E-state index in [0.717, 1.165) is 25.7 Å². The molecule has 0 heterocycles. The molecule has 0 aliphatic heterocycles. The van der Waals surface area contributed by atoms with E-state index >= 15 is 0 Å². The van der Waals surface area contributed by atoms with Crippen LogP contribution in [0.1, 0.15) is 44.9 Å². The van der Waals surface area contributed by atoms with Gasteiger partial charge in [-0.2, -0.15) is 8.78 Å². The minimum absolute atomic E-state index is 0.0588. The zero-order valence-corrected chi connectivity index (χ0v) is 12.5. The third-order valence-electron chi connectivity index (χ3n) is 4.72. The first-order chi connectivity index (χ1) is 10.5. The van der Waals surface area contributed by atoms with Crippen molar-refractivity contribution in [2.45, 2.75) is 63.8 Å². The van der Waals surface area contributed by atoms with E-state index in [4.69, 9.17) is 0 Å². The molecule has 0 radical (unpaired) electrons. The molecule has 4 unspecified atom stereocenters. The van der Waals surface area contributed by atoms with Crippen LogP contribution in [0, 0.1) is 17.8 Å². The van der Waals surface area contributed by atoms with Crippen molar-refractivity contribution in [2.24, 2.45) is 17.8 Å². The van der Waals surface area contributed by atoms with Crippen molar-refractivity contribution in [1.82, 2.24) is 0 Å². The van der Waals surface area contributed by atoms with Crippen LogP contribution in [-0.4, -0.2) is 30.0 Å². The Bertz CT molecular complexity index is 392. The normalized spacial score (nSPS) is 34.4. The molecule has 0 aromatic heterocycles. The summed E-state index contributed by atoms with van der Waals surface area (Å²) in [5.74, 6) is -2.51. The maximum atomic E-state index is 13.8. The fourth-order valence-corrected chi connectivity index (χ4v) is 3.65. The number of hydrogen-bond donors (Lipinski definition) is 1. The number of rotatable bonds is 5. The van der Waals surface area contributed by atoms with Crippen LogP contribution in [0.25, 0.3) is 0 Å². The van der Waals surface area contributed by atoms with Gasteiger partial charge in [0.1, 0.15) is 6.17 Å². The van der Waals surface area contributed by atoms with E-state index in [9.17, 15) is 23.1 Å². The standard InChI is InChI=1S/C16H23F3O3/c17-12-8-11(7-6-10-4-2-1-3-5-10)14(15(20)21)13(9-12)22-16(18)19/h6-7,10-14,16H,1-5,8-9H2,(H,20,21)/b7-6+. The summed E-state index contributed by atoms with van der Waals surface area (Å²) in [7, 11) is 0. The highest BCUT2D eigenvalue weighted by atomic mass is 19.3. The number of carboxylic acid groups (broad SMARTS) is 1. The summed E-state index contributed by atoms with van der Waals surface area (Å²) in [5, 5.41) is 9.33. The molecule has 6 heteroatoms. The number of carboxylic acids is 1. The minimum atomic E-state index is -3.08. The predicted molar refractivity (Wildman–Crippen MR) is 75.3 cm³/mol. The van der Waals surface area contributed by atoms with Crippen LogP contribution in [0.5, 0.6) is 0 Å². The van der Waals surface area contributed by atoms with Crippen molar-refractivity contribution < 1.29 is 27.8 Å². The first-order valence-corrected chi connectivity index (χ1v) is 7.96. The average Bonchev–Trinajstić information content (AvgIpc) is 2.44. The lowest BCUT2D eigenvalue weighted by atomic mass is 9.75. The number of ether oxygens (including phenoxy) is 1. The molecular weight excluding hydrogens is 297 g/mol. The third-order valence-corrected chi connectivity index (χ3v) is 4.72. The molecule has 22 heavy (non-hydrogen) atoms. The lowest BCUT2D eigenvalue weighted by Crippen LogP contribution is -2.43. The van der Waals surface area contributed by atoms with Crippen LogP contribution in [0.15, 0.2) is 12.2 Å². The lowest BCUT2D eigenvalue weighted by Gasteiger charge is -2.35. The number of allylic oxidation sites excluding steroid dienone is 2. The molecular formula is C16H23F3O3. The van der Waals surface area contributed by atoms with E-state index in [-0.39, 0.29) is 12.8 Å². The Hall–Kier alpha value is -1.04. The lowest BCUT2D eigenvalue weighted by molar-refractivity contribution is -0.199. The summed E-state index contributed by atoms with van der Waals surface area (Å²) >= 11 is 0. The molecule has 126 valence electrons. The molecule has 0 amide bonds. The van der Waals surface area contributed by atoms with Gasteiger partial charge in [-0.1, -0.05) is 31.4 Å². The van der Waals surface area contributed by atoms with Gasteiger partial charge in [0.15, 0.2) is 0 Å². The molecule has 0 aromatic rings. The topological polar surface area (TPSA) is 46.5 Å². The fraction of sp³-hybridized carbons (Fsp3) is 0.812. The molecule has 2 saturated carbocycles. The highest BCUT2D eigenvalue weighted by Gasteiger charge is 2.43. The highest BCUT2D eigenvalue weighted by molar-refractivity contribution is 5.71. The van der Waals surface area contributed by atoms with E-state index in [0.29, 0.717) is 5.92 Å². The van der Waals surface area contributed by atoms with E-state index < -0.39 is 36.7 Å². The fourth-order valence-electron chi connectivity index (χ4n) is 3.65. The Labute approximate surface area is 128 Å². The Morgan fingerprint density at radius 3 is 2.41 bits per heavy atom. The van der Waals surface area contributed by atoms with E-state index in [1.54, 1.807) is 6.08 Å². The average molecular weight is 320 g/mol. The zero-order valence-electron chi connectivity index (χ0n) is 12.5. The van der Waals surface area contributed by atoms with Gasteiger partial charge in [-0.05, 0) is 31.1 Å². The second-order valence-electron chi connectivity index (χ2n) is 6.31. The summed E-state index contributed by atoms with van der Waals surface area (Å²) in [4.78, 5) is 11.4. The van der Waals surface area contributed by atoms with Crippen molar-refractivity contribution in [3.8, 4) is 0 Å². The summed E-state index contributed by atoms with van der Waals surface area (Å²) in [5.41, 5.74) is 0. The van der Waals surface area contributed by atoms with Gasteiger partial charge in [0.05, 0.1) is 12.0 Å². The number of aliphatic carboxylic acids is 1. The van der Waals surface area contributed by atoms with Crippen LogP contribution in [0.4, 0.5) is 13.2 Å². The van der Waals surface area contributed by atoms with Gasteiger partial charge in [0.2, 0.25) is 0 Å². The van der Waals surface area contributed by atoms with Crippen molar-refractivity contribution in [1.29, 1.82) is 0 Å². The molecule has 4 atom stereocenters. The van der Waals surface area contributed by atoms with Gasteiger partial charge in [0, 0.05) is 6.42 Å². The Morgan fingerprint density at radius 1 is 1.14 bits per heavy atom. The summed E-state index contributed by atoms with van der Waals surface area (Å²) in [6.45, 7) is -3.08. The summed E-state index contributed by atoms with van der Waals surface area (Å²) in [6, 6.07) is 0. The van der Waals surface area contributed by atoms with Crippen molar-refractivity contribution >= 4 is 5.97 Å². The van der Waals surface area contributed by atoms with Crippen LogP contribution >= 0.6 is 0 Å². The Balaban J connectivity index is 2.07. The molecule has 2 fully saturated rings. The monoisotopic (exact) mass is 320 g/mol. The second-order valence-corrected chi connectivity index (χ2v) is 6.31. The minimum Gasteiger partial charge on any atom is -0.481 e. The molecule has 0 bridgehead atoms. The Morgan fingerprint density at radius 2 is 1.82 bits per heavy atom. The van der Waals surface area contributed by atoms with Crippen molar-refractivity contribution in [3.05, 3.63) is 12.2 Å². The molecule has 2 aliphatic carbocycles. The molecule has 3 nitrogen and oxygen atoms in total. The first-order valence-electron chi connectivity index (χ1n) is 7.96. The van der Waals surface area contributed by atoms with E-state index in [1.165, 1.54) is 6.42 Å². The molecule has 0 aromatic carbocycles. The molecule has 1 N–H and O–H groups in total. The van der Waals surface area contributed by atoms with Gasteiger partial charge in [-0.3, -0.25) is 4.79 Å². The van der Waals surface area contributed by atoms with Gasteiger partial charge in [-0.25, -0.2) is 4.39 Å². The van der Waals surface area contributed by atoms with Crippen molar-refractivity contribution in [3.63, 3.8) is 0 Å². The molecule has 2 aliphatic rings. The van der Waals surface area contributed by atoms with Crippen LogP contribution in [0.2, 0.25) is 0 Å². The number of hydrogen-bond acceptors (Lipinski definition) is 2. The predicted octanol–water partition coefficient (Wildman–Crippen LogP) is 4.18. The van der Waals surface area contributed by atoms with Crippen molar-refractivity contribution in [2.75, 3.05) is 0 Å². The van der Waals surface area contributed by atoms with E-state index in [2.05, 4.69) is 4.74 Å². The van der Waals surface area contributed by atoms with Crippen LogP contribution in [-0.2, 0) is 9.53 Å². The number of carbonyl (C=O) groups is 1. The maximum Gasteiger partial charge on any atom is 0.345 e. The third kappa shape index (κ3) is 4.73. The van der Waals surface area contributed by atoms with Gasteiger partial charge in [-0.15, -0.1) is 0 Å². The quantitative estimate of drug-likeness (QED) is 0.773.